The van der Waals surface area contributed by atoms with Crippen molar-refractivity contribution in [2.45, 2.75) is 6.92 Å². The number of carbonyl (C=O) groups excluding carboxylic acids is 1. The van der Waals surface area contributed by atoms with E-state index < -0.39 is 11.7 Å². The van der Waals surface area contributed by atoms with E-state index in [0.717, 1.165) is 26.9 Å². The number of benzene rings is 2. The molecule has 29 heavy (non-hydrogen) atoms. The zero-order valence-corrected chi connectivity index (χ0v) is 17.7. The molecule has 146 valence electrons. The summed E-state index contributed by atoms with van der Waals surface area (Å²) in [7, 11) is 0. The Morgan fingerprint density at radius 3 is 2.76 bits per heavy atom. The molecule has 0 unspecified atom stereocenters. The third-order valence-corrected chi connectivity index (χ3v) is 5.62. The second-order valence-electron chi connectivity index (χ2n) is 6.34. The number of aromatic nitrogens is 2. The van der Waals surface area contributed by atoms with Crippen LogP contribution in [0.15, 0.2) is 58.6 Å². The minimum Gasteiger partial charge on any atom is -0.467 e. The topological polar surface area (TPSA) is 64.1 Å². The number of aryl methyl sites for hydroxylation is 1. The Morgan fingerprint density at radius 2 is 2.00 bits per heavy atom. The van der Waals surface area contributed by atoms with Crippen LogP contribution in [-0.4, -0.2) is 22.5 Å². The van der Waals surface area contributed by atoms with Crippen LogP contribution in [-0.2, 0) is 4.79 Å². The number of hydrogen-bond donors (Lipinski definition) is 1. The van der Waals surface area contributed by atoms with E-state index in [1.807, 2.05) is 36.6 Å². The minimum absolute atomic E-state index is 0.0884. The second kappa shape index (κ2) is 8.26. The number of thiophene rings is 1. The smallest absolute Gasteiger partial charge is 0.262 e. The minimum atomic E-state index is -0.531. The number of nitrogens with zero attached hydrogens (tertiary/aromatic N) is 2. The number of amides is 1. The van der Waals surface area contributed by atoms with Gasteiger partial charge in [-0.3, -0.25) is 4.79 Å². The fourth-order valence-corrected chi connectivity index (χ4v) is 4.05. The first kappa shape index (κ1) is 19.5. The predicted molar refractivity (Wildman–Crippen MR) is 116 cm³/mol. The van der Waals surface area contributed by atoms with E-state index in [1.165, 1.54) is 29.8 Å². The van der Waals surface area contributed by atoms with Gasteiger partial charge < -0.3 is 10.1 Å². The van der Waals surface area contributed by atoms with Crippen LogP contribution in [0.4, 0.5) is 10.1 Å². The van der Waals surface area contributed by atoms with Gasteiger partial charge in [-0.2, -0.15) is 0 Å². The highest BCUT2D eigenvalue weighted by Crippen LogP contribution is 2.37. The molecule has 4 aromatic rings. The van der Waals surface area contributed by atoms with E-state index in [1.54, 1.807) is 6.07 Å². The summed E-state index contributed by atoms with van der Waals surface area (Å²) < 4.78 is 20.2. The molecule has 0 fully saturated rings. The Kier molecular flexibility index (Phi) is 5.55. The molecule has 0 spiro atoms. The van der Waals surface area contributed by atoms with Gasteiger partial charge in [-0.1, -0.05) is 45.8 Å². The largest absolute Gasteiger partial charge is 0.467 e. The SMILES string of the molecule is Cc1ccc(-c2csc3ncnc(OCC(=O)Nc4ccc(Br)cc4F)c23)cc1. The molecule has 0 aliphatic heterocycles. The molecule has 5 nitrogen and oxygen atoms in total. The lowest BCUT2D eigenvalue weighted by Gasteiger charge is -2.09. The maximum atomic E-state index is 13.9. The van der Waals surface area contributed by atoms with Crippen molar-refractivity contribution in [3.8, 4) is 17.0 Å². The highest BCUT2D eigenvalue weighted by Gasteiger charge is 2.16. The number of anilines is 1. The molecule has 0 atom stereocenters. The quantitative estimate of drug-likeness (QED) is 0.412. The van der Waals surface area contributed by atoms with E-state index >= 15 is 0 Å². The molecule has 0 saturated carbocycles. The van der Waals surface area contributed by atoms with Crippen molar-refractivity contribution in [2.24, 2.45) is 0 Å². The van der Waals surface area contributed by atoms with Crippen LogP contribution in [0.1, 0.15) is 5.56 Å². The van der Waals surface area contributed by atoms with Crippen molar-refractivity contribution in [1.82, 2.24) is 9.97 Å². The van der Waals surface area contributed by atoms with Crippen LogP contribution in [0.3, 0.4) is 0 Å². The first-order valence-electron chi connectivity index (χ1n) is 8.68. The molecule has 1 N–H and O–H groups in total. The van der Waals surface area contributed by atoms with Gasteiger partial charge in [-0.05, 0) is 30.7 Å². The summed E-state index contributed by atoms with van der Waals surface area (Å²) in [5.41, 5.74) is 3.21. The van der Waals surface area contributed by atoms with Crippen molar-refractivity contribution in [3.05, 3.63) is 70.0 Å². The van der Waals surface area contributed by atoms with Gasteiger partial charge in [-0.25, -0.2) is 14.4 Å². The van der Waals surface area contributed by atoms with Crippen LogP contribution in [0.2, 0.25) is 0 Å². The molecule has 8 heteroatoms. The van der Waals surface area contributed by atoms with Crippen LogP contribution < -0.4 is 10.1 Å². The van der Waals surface area contributed by atoms with Crippen molar-refractivity contribution >= 4 is 49.1 Å². The van der Waals surface area contributed by atoms with Crippen LogP contribution in [0, 0.1) is 12.7 Å². The highest BCUT2D eigenvalue weighted by molar-refractivity contribution is 9.10. The van der Waals surface area contributed by atoms with Gasteiger partial charge >= 0.3 is 0 Å². The lowest BCUT2D eigenvalue weighted by atomic mass is 10.0. The Bertz CT molecular complexity index is 1190. The molecule has 0 saturated heterocycles. The van der Waals surface area contributed by atoms with Gasteiger partial charge in [0.15, 0.2) is 6.61 Å². The summed E-state index contributed by atoms with van der Waals surface area (Å²) in [6.07, 6.45) is 1.40. The Balaban J connectivity index is 1.55. The van der Waals surface area contributed by atoms with Gasteiger partial charge in [0.2, 0.25) is 5.88 Å². The lowest BCUT2D eigenvalue weighted by Crippen LogP contribution is -2.21. The Morgan fingerprint density at radius 1 is 1.21 bits per heavy atom. The van der Waals surface area contributed by atoms with Crippen molar-refractivity contribution in [3.63, 3.8) is 0 Å². The Hall–Kier alpha value is -2.84. The van der Waals surface area contributed by atoms with Gasteiger partial charge in [0.05, 0.1) is 11.1 Å². The molecule has 2 aromatic carbocycles. The molecule has 0 aliphatic carbocycles. The number of nitrogens with one attached hydrogen (secondary N) is 1. The van der Waals surface area contributed by atoms with Crippen LogP contribution in [0.5, 0.6) is 5.88 Å². The van der Waals surface area contributed by atoms with E-state index in [4.69, 9.17) is 4.74 Å². The molecule has 2 heterocycles. The monoisotopic (exact) mass is 471 g/mol. The normalized spacial score (nSPS) is 10.9. The fourth-order valence-electron chi connectivity index (χ4n) is 2.81. The number of halogens is 2. The van der Waals surface area contributed by atoms with E-state index in [9.17, 15) is 9.18 Å². The summed E-state index contributed by atoms with van der Waals surface area (Å²) in [5, 5.41) is 5.25. The van der Waals surface area contributed by atoms with Gasteiger partial charge in [0, 0.05) is 15.4 Å². The first-order valence-corrected chi connectivity index (χ1v) is 10.4. The number of ether oxygens (including phenoxy) is 1. The highest BCUT2D eigenvalue weighted by atomic mass is 79.9. The number of rotatable bonds is 5. The van der Waals surface area contributed by atoms with Gasteiger partial charge in [-0.15, -0.1) is 11.3 Å². The van der Waals surface area contributed by atoms with Crippen LogP contribution in [0.25, 0.3) is 21.3 Å². The number of fused-ring (bicyclic) bond motifs is 1. The maximum absolute atomic E-state index is 13.9. The zero-order valence-electron chi connectivity index (χ0n) is 15.3. The molecule has 0 bridgehead atoms. The number of carbonyl (C=O) groups is 1. The van der Waals surface area contributed by atoms with Crippen LogP contribution >= 0.6 is 27.3 Å². The van der Waals surface area contributed by atoms with E-state index in [-0.39, 0.29) is 12.3 Å². The standard InChI is InChI=1S/C21H15BrFN3O2S/c1-12-2-4-13(5-3-12)15-10-29-21-19(15)20(24-11-25-21)28-9-18(27)26-17-7-6-14(22)8-16(17)23/h2-8,10-11H,9H2,1H3,(H,26,27). The van der Waals surface area contributed by atoms with Gasteiger partial charge in [0.1, 0.15) is 17.0 Å². The molecule has 4 rings (SSSR count). The zero-order chi connectivity index (χ0) is 20.4. The lowest BCUT2D eigenvalue weighted by molar-refractivity contribution is -0.118. The maximum Gasteiger partial charge on any atom is 0.262 e. The molecule has 1 amide bonds. The molecule has 0 radical (unpaired) electrons. The van der Waals surface area contributed by atoms with Crippen molar-refractivity contribution in [2.75, 3.05) is 11.9 Å². The van der Waals surface area contributed by atoms with Crippen molar-refractivity contribution in [1.29, 1.82) is 0 Å². The van der Waals surface area contributed by atoms with E-state index in [0.29, 0.717) is 10.4 Å². The average molecular weight is 472 g/mol. The molecule has 2 aromatic heterocycles. The summed E-state index contributed by atoms with van der Waals surface area (Å²) in [4.78, 5) is 21.5. The predicted octanol–water partition coefficient (Wildman–Crippen LogP) is 5.59. The average Bonchev–Trinajstić information content (AvgIpc) is 3.14. The number of hydrogen-bond acceptors (Lipinski definition) is 5. The second-order valence-corrected chi connectivity index (χ2v) is 8.11. The Labute approximate surface area is 178 Å². The summed E-state index contributed by atoms with van der Waals surface area (Å²) in [6, 6.07) is 12.5. The summed E-state index contributed by atoms with van der Waals surface area (Å²) in [5.74, 6) is -0.694. The third kappa shape index (κ3) is 4.28. The molecule has 0 aliphatic rings. The first-order chi connectivity index (χ1) is 14.0. The fraction of sp³-hybridized carbons (Fsp3) is 0.0952. The van der Waals surface area contributed by atoms with Gasteiger partial charge in [0.25, 0.3) is 5.91 Å². The summed E-state index contributed by atoms with van der Waals surface area (Å²) >= 11 is 4.66. The van der Waals surface area contributed by atoms with E-state index in [2.05, 4.69) is 31.2 Å². The third-order valence-electron chi connectivity index (χ3n) is 4.24. The molecular formula is C21H15BrFN3O2S. The summed E-state index contributed by atoms with van der Waals surface area (Å²) in [6.45, 7) is 1.73. The van der Waals surface area contributed by atoms with Crippen molar-refractivity contribution < 1.29 is 13.9 Å². The molecular weight excluding hydrogens is 457 g/mol.